The van der Waals surface area contributed by atoms with E-state index in [1.54, 1.807) is 0 Å². The minimum Gasteiger partial charge on any atom is -0.339 e. The van der Waals surface area contributed by atoms with Crippen molar-refractivity contribution in [2.75, 3.05) is 6.54 Å². The van der Waals surface area contributed by atoms with Crippen molar-refractivity contribution in [2.45, 2.75) is 58.5 Å². The summed E-state index contributed by atoms with van der Waals surface area (Å²) in [7, 11) is 0. The van der Waals surface area contributed by atoms with Gasteiger partial charge in [0.2, 0.25) is 5.91 Å². The Labute approximate surface area is 189 Å². The quantitative estimate of drug-likeness (QED) is 0.526. The third-order valence-electron chi connectivity index (χ3n) is 6.16. The van der Waals surface area contributed by atoms with E-state index in [1.165, 1.54) is 16.7 Å². The summed E-state index contributed by atoms with van der Waals surface area (Å²) in [5, 5.41) is 7.30. The molecule has 1 aliphatic carbocycles. The Kier molecular flexibility index (Phi) is 6.66. The molecule has 2 aromatic carbocycles. The standard InChI is InChI=1S/C25H30N4OS/c1-3-15-28(22-13-12-19-6-4-5-7-21(19)17-22)23(30)14-16-29-24(26-27-25(29)31)20-10-8-18(2)9-11-20/h4-11,22H,3,12-17H2,1-2H3,(H,27,31). The second-order valence-electron chi connectivity index (χ2n) is 8.37. The topological polar surface area (TPSA) is 53.9 Å². The van der Waals surface area contributed by atoms with Crippen molar-refractivity contribution in [1.82, 2.24) is 19.7 Å². The van der Waals surface area contributed by atoms with Crippen LogP contribution in [0.25, 0.3) is 11.4 Å². The van der Waals surface area contributed by atoms with Gasteiger partial charge in [0.05, 0.1) is 0 Å². The number of carbonyl (C=O) groups is 1. The van der Waals surface area contributed by atoms with Gasteiger partial charge in [-0.05, 0) is 56.0 Å². The molecule has 1 amide bonds. The highest BCUT2D eigenvalue weighted by Gasteiger charge is 2.27. The zero-order chi connectivity index (χ0) is 21.8. The van der Waals surface area contributed by atoms with Crippen LogP contribution in [0, 0.1) is 11.7 Å². The fourth-order valence-electron chi connectivity index (χ4n) is 4.50. The molecule has 1 unspecified atom stereocenters. The fourth-order valence-corrected chi connectivity index (χ4v) is 4.72. The lowest BCUT2D eigenvalue weighted by Crippen LogP contribution is -2.44. The van der Waals surface area contributed by atoms with Crippen molar-refractivity contribution in [1.29, 1.82) is 0 Å². The summed E-state index contributed by atoms with van der Waals surface area (Å²) < 4.78 is 2.50. The van der Waals surface area contributed by atoms with Gasteiger partial charge in [0, 0.05) is 31.1 Å². The number of aromatic amines is 1. The smallest absolute Gasteiger partial charge is 0.224 e. The molecule has 1 aliphatic rings. The zero-order valence-corrected chi connectivity index (χ0v) is 19.1. The molecule has 1 atom stereocenters. The van der Waals surface area contributed by atoms with Gasteiger partial charge >= 0.3 is 0 Å². The highest BCUT2D eigenvalue weighted by Crippen LogP contribution is 2.25. The van der Waals surface area contributed by atoms with Crippen molar-refractivity contribution in [3.63, 3.8) is 0 Å². The van der Waals surface area contributed by atoms with Crippen LogP contribution in [0.2, 0.25) is 0 Å². The number of fused-ring (bicyclic) bond motifs is 1. The van der Waals surface area contributed by atoms with Crippen LogP contribution in [0.15, 0.2) is 48.5 Å². The van der Waals surface area contributed by atoms with Gasteiger partial charge in [0.1, 0.15) is 0 Å². The van der Waals surface area contributed by atoms with E-state index in [0.29, 0.717) is 17.7 Å². The summed E-state index contributed by atoms with van der Waals surface area (Å²) in [4.78, 5) is 15.4. The number of nitrogens with zero attached hydrogens (tertiary/aromatic N) is 3. The molecular formula is C25H30N4OS. The number of hydrogen-bond donors (Lipinski definition) is 1. The van der Waals surface area contributed by atoms with Crippen LogP contribution in [0.5, 0.6) is 0 Å². The Hall–Kier alpha value is -2.73. The largest absolute Gasteiger partial charge is 0.339 e. The maximum absolute atomic E-state index is 13.3. The Morgan fingerprint density at radius 3 is 2.68 bits per heavy atom. The molecule has 0 fully saturated rings. The maximum atomic E-state index is 13.3. The predicted octanol–water partition coefficient (Wildman–Crippen LogP) is 5.10. The zero-order valence-electron chi connectivity index (χ0n) is 18.3. The van der Waals surface area contributed by atoms with Gasteiger partial charge in [-0.25, -0.2) is 0 Å². The monoisotopic (exact) mass is 434 g/mol. The molecular weight excluding hydrogens is 404 g/mol. The van der Waals surface area contributed by atoms with Crippen molar-refractivity contribution in [3.05, 3.63) is 70.0 Å². The van der Waals surface area contributed by atoms with Crippen molar-refractivity contribution >= 4 is 18.1 Å². The first-order valence-electron chi connectivity index (χ1n) is 11.1. The number of aromatic nitrogens is 3. The molecule has 0 bridgehead atoms. The summed E-state index contributed by atoms with van der Waals surface area (Å²) in [6.45, 7) is 5.53. The average Bonchev–Trinajstić information content (AvgIpc) is 3.16. The van der Waals surface area contributed by atoms with Crippen LogP contribution in [0.3, 0.4) is 0 Å². The highest BCUT2D eigenvalue weighted by molar-refractivity contribution is 7.71. The highest BCUT2D eigenvalue weighted by atomic mass is 32.1. The fraction of sp³-hybridized carbons (Fsp3) is 0.400. The predicted molar refractivity (Wildman–Crippen MR) is 126 cm³/mol. The van der Waals surface area contributed by atoms with Crippen LogP contribution in [0.1, 0.15) is 42.9 Å². The number of H-pyrrole nitrogens is 1. The molecule has 0 saturated carbocycles. The number of aryl methyl sites for hydroxylation is 2. The van der Waals surface area contributed by atoms with Gasteiger partial charge in [-0.15, -0.1) is 0 Å². The first kappa shape index (κ1) is 21.5. The Morgan fingerprint density at radius 2 is 1.94 bits per heavy atom. The molecule has 1 N–H and O–H groups in total. The molecule has 0 saturated heterocycles. The van der Waals surface area contributed by atoms with Crippen molar-refractivity contribution in [2.24, 2.45) is 0 Å². The number of benzene rings is 2. The molecule has 31 heavy (non-hydrogen) atoms. The summed E-state index contributed by atoms with van der Waals surface area (Å²) in [6.07, 6.45) is 4.40. The molecule has 0 aliphatic heterocycles. The average molecular weight is 435 g/mol. The summed E-state index contributed by atoms with van der Waals surface area (Å²) >= 11 is 5.46. The van der Waals surface area contributed by atoms with Crippen LogP contribution >= 0.6 is 12.2 Å². The summed E-state index contributed by atoms with van der Waals surface area (Å²) in [5.41, 5.74) is 5.00. The SMILES string of the molecule is CCCN(C(=O)CCn1c(-c2ccc(C)cc2)n[nH]c1=S)C1CCc2ccccc2C1. The van der Waals surface area contributed by atoms with E-state index in [2.05, 4.69) is 65.3 Å². The van der Waals surface area contributed by atoms with Crippen molar-refractivity contribution in [3.8, 4) is 11.4 Å². The van der Waals surface area contributed by atoms with Crippen molar-refractivity contribution < 1.29 is 4.79 Å². The second-order valence-corrected chi connectivity index (χ2v) is 8.76. The second kappa shape index (κ2) is 9.60. The molecule has 5 nitrogen and oxygen atoms in total. The third kappa shape index (κ3) is 4.79. The van der Waals surface area contributed by atoms with Crippen LogP contribution in [0.4, 0.5) is 0 Å². The van der Waals surface area contributed by atoms with E-state index in [4.69, 9.17) is 12.2 Å². The van der Waals surface area contributed by atoms with E-state index in [1.807, 2.05) is 16.7 Å². The van der Waals surface area contributed by atoms with E-state index in [9.17, 15) is 4.79 Å². The molecule has 4 rings (SSSR count). The number of hydrogen-bond acceptors (Lipinski definition) is 3. The Morgan fingerprint density at radius 1 is 1.19 bits per heavy atom. The first-order valence-corrected chi connectivity index (χ1v) is 11.6. The number of carbonyl (C=O) groups excluding carboxylic acids is 1. The number of amides is 1. The minimum absolute atomic E-state index is 0.198. The lowest BCUT2D eigenvalue weighted by Gasteiger charge is -2.35. The lowest BCUT2D eigenvalue weighted by atomic mass is 9.87. The van der Waals surface area contributed by atoms with Crippen LogP contribution in [-0.4, -0.2) is 38.2 Å². The number of rotatable bonds is 7. The summed E-state index contributed by atoms with van der Waals surface area (Å²) in [6, 6.07) is 17.1. The van der Waals surface area contributed by atoms with Gasteiger partial charge in [-0.2, -0.15) is 5.10 Å². The first-order chi connectivity index (χ1) is 15.1. The minimum atomic E-state index is 0.198. The lowest BCUT2D eigenvalue weighted by molar-refractivity contribution is -0.134. The van der Waals surface area contributed by atoms with Gasteiger partial charge in [0.25, 0.3) is 0 Å². The molecule has 1 aromatic heterocycles. The van der Waals surface area contributed by atoms with Crippen LogP contribution in [-0.2, 0) is 24.2 Å². The third-order valence-corrected chi connectivity index (χ3v) is 6.48. The van der Waals surface area contributed by atoms with Crippen LogP contribution < -0.4 is 0 Å². The van der Waals surface area contributed by atoms with E-state index < -0.39 is 0 Å². The van der Waals surface area contributed by atoms with Gasteiger partial charge in [-0.1, -0.05) is 61.0 Å². The molecule has 6 heteroatoms. The molecule has 162 valence electrons. The summed E-state index contributed by atoms with van der Waals surface area (Å²) in [5.74, 6) is 0.982. The molecule has 3 aromatic rings. The van der Waals surface area contributed by atoms with E-state index in [-0.39, 0.29) is 11.9 Å². The number of nitrogens with one attached hydrogen (secondary N) is 1. The molecule has 0 radical (unpaired) electrons. The maximum Gasteiger partial charge on any atom is 0.224 e. The van der Waals surface area contributed by atoms with Gasteiger partial charge in [-0.3, -0.25) is 14.5 Å². The molecule has 1 heterocycles. The van der Waals surface area contributed by atoms with Gasteiger partial charge in [0.15, 0.2) is 10.6 Å². The Bertz CT molecular complexity index is 1100. The van der Waals surface area contributed by atoms with Gasteiger partial charge < -0.3 is 4.90 Å². The molecule has 0 spiro atoms. The van der Waals surface area contributed by atoms with E-state index in [0.717, 1.165) is 43.6 Å². The Balaban J connectivity index is 1.48. The van der Waals surface area contributed by atoms with E-state index >= 15 is 0 Å². The normalized spacial score (nSPS) is 15.5.